The third-order valence-electron chi connectivity index (χ3n) is 6.87. The summed E-state index contributed by atoms with van der Waals surface area (Å²) in [4.78, 5) is 12.5. The molecule has 1 N–H and O–H groups in total. The molecule has 3 heteroatoms. The molecule has 136 valence electrons. The van der Waals surface area contributed by atoms with Crippen molar-refractivity contribution in [3.63, 3.8) is 0 Å². The molecule has 0 heterocycles. The van der Waals surface area contributed by atoms with Crippen molar-refractivity contribution in [1.82, 2.24) is 5.32 Å². The highest BCUT2D eigenvalue weighted by atomic mass is 16.5. The van der Waals surface area contributed by atoms with E-state index in [1.54, 1.807) is 0 Å². The molecule has 1 aromatic rings. The molecular weight excluding hydrogens is 310 g/mol. The largest absolute Gasteiger partial charge is 0.484 e. The average molecular weight is 341 g/mol. The second-order valence-electron chi connectivity index (χ2n) is 8.91. The molecule has 3 nitrogen and oxygen atoms in total. The highest BCUT2D eigenvalue weighted by Crippen LogP contribution is 2.55. The topological polar surface area (TPSA) is 38.3 Å². The standard InChI is InChI=1S/C22H31NO2/c1-3-15(2)19-4-6-20(7-5-19)25-14-21(24)23-22-11-16-8-17(12-22)10-18(9-16)13-22/h4-7,15-18H,3,8-14H2,1-2H3,(H,23,24)/t15-,16?,17?,18?,22?/m0/s1. The first-order valence-electron chi connectivity index (χ1n) is 10.1. The maximum atomic E-state index is 12.5. The molecule has 1 atom stereocenters. The van der Waals surface area contributed by atoms with Crippen LogP contribution in [0.4, 0.5) is 0 Å². The van der Waals surface area contributed by atoms with Crippen LogP contribution in [0.3, 0.4) is 0 Å². The number of hydrogen-bond acceptors (Lipinski definition) is 2. The Labute approximate surface area is 151 Å². The van der Waals surface area contributed by atoms with E-state index < -0.39 is 0 Å². The monoisotopic (exact) mass is 341 g/mol. The Morgan fingerprint density at radius 3 is 2.20 bits per heavy atom. The molecule has 0 radical (unpaired) electrons. The minimum atomic E-state index is 0.0490. The fourth-order valence-electron chi connectivity index (χ4n) is 5.87. The van der Waals surface area contributed by atoms with Crippen LogP contribution in [-0.4, -0.2) is 18.1 Å². The summed E-state index contributed by atoms with van der Waals surface area (Å²) in [7, 11) is 0. The van der Waals surface area contributed by atoms with Crippen LogP contribution in [-0.2, 0) is 4.79 Å². The molecule has 0 spiro atoms. The maximum Gasteiger partial charge on any atom is 0.258 e. The van der Waals surface area contributed by atoms with Crippen LogP contribution in [0, 0.1) is 17.8 Å². The normalized spacial score (nSPS) is 33.9. The summed E-state index contributed by atoms with van der Waals surface area (Å²) in [6.07, 6.45) is 8.89. The zero-order valence-corrected chi connectivity index (χ0v) is 15.6. The van der Waals surface area contributed by atoms with Crippen molar-refractivity contribution in [2.75, 3.05) is 6.61 Å². The van der Waals surface area contributed by atoms with E-state index in [0.717, 1.165) is 29.9 Å². The van der Waals surface area contributed by atoms with Crippen molar-refractivity contribution in [3.05, 3.63) is 29.8 Å². The Balaban J connectivity index is 1.31. The van der Waals surface area contributed by atoms with Crippen LogP contribution in [0.5, 0.6) is 5.75 Å². The molecule has 4 aliphatic rings. The Hall–Kier alpha value is -1.51. The van der Waals surface area contributed by atoms with E-state index in [0.29, 0.717) is 5.92 Å². The molecule has 4 saturated carbocycles. The van der Waals surface area contributed by atoms with E-state index in [-0.39, 0.29) is 18.1 Å². The Bertz CT molecular complexity index is 586. The van der Waals surface area contributed by atoms with Crippen LogP contribution in [0.1, 0.15) is 70.3 Å². The molecule has 4 bridgehead atoms. The van der Waals surface area contributed by atoms with Gasteiger partial charge in [-0.2, -0.15) is 0 Å². The highest BCUT2D eigenvalue weighted by Gasteiger charge is 2.51. The minimum Gasteiger partial charge on any atom is -0.484 e. The van der Waals surface area contributed by atoms with Crippen LogP contribution in [0.2, 0.25) is 0 Å². The van der Waals surface area contributed by atoms with Gasteiger partial charge in [0.25, 0.3) is 5.91 Å². The van der Waals surface area contributed by atoms with E-state index in [2.05, 4.69) is 31.3 Å². The molecule has 5 rings (SSSR count). The fraction of sp³-hybridized carbons (Fsp3) is 0.682. The van der Waals surface area contributed by atoms with Crippen LogP contribution in [0.25, 0.3) is 0 Å². The van der Waals surface area contributed by atoms with Gasteiger partial charge in [-0.1, -0.05) is 26.0 Å². The minimum absolute atomic E-state index is 0.0490. The summed E-state index contributed by atoms with van der Waals surface area (Å²) in [6, 6.07) is 8.19. The number of nitrogens with one attached hydrogen (secondary N) is 1. The molecule has 0 aromatic heterocycles. The van der Waals surface area contributed by atoms with Crippen LogP contribution < -0.4 is 10.1 Å². The predicted octanol–water partition coefficient (Wildman–Crippen LogP) is 4.66. The first-order chi connectivity index (χ1) is 12.0. The summed E-state index contributed by atoms with van der Waals surface area (Å²) in [6.45, 7) is 4.56. The number of benzene rings is 1. The van der Waals surface area contributed by atoms with Crippen LogP contribution >= 0.6 is 0 Å². The lowest BCUT2D eigenvalue weighted by atomic mass is 9.53. The number of amides is 1. The van der Waals surface area contributed by atoms with Crippen molar-refractivity contribution in [1.29, 1.82) is 0 Å². The quantitative estimate of drug-likeness (QED) is 0.817. The number of hydrogen-bond donors (Lipinski definition) is 1. The van der Waals surface area contributed by atoms with Gasteiger partial charge >= 0.3 is 0 Å². The van der Waals surface area contributed by atoms with E-state index in [4.69, 9.17) is 4.74 Å². The third-order valence-corrected chi connectivity index (χ3v) is 6.87. The maximum absolute atomic E-state index is 12.5. The third kappa shape index (κ3) is 3.56. The van der Waals surface area contributed by atoms with Crippen molar-refractivity contribution in [2.24, 2.45) is 17.8 Å². The predicted molar refractivity (Wildman–Crippen MR) is 99.7 cm³/mol. The van der Waals surface area contributed by atoms with E-state index in [1.807, 2.05) is 12.1 Å². The lowest BCUT2D eigenvalue weighted by Gasteiger charge is -2.56. The van der Waals surface area contributed by atoms with E-state index in [1.165, 1.54) is 44.1 Å². The van der Waals surface area contributed by atoms with E-state index >= 15 is 0 Å². The molecule has 0 saturated heterocycles. The van der Waals surface area contributed by atoms with Gasteiger partial charge < -0.3 is 10.1 Å². The fourth-order valence-corrected chi connectivity index (χ4v) is 5.87. The average Bonchev–Trinajstić information content (AvgIpc) is 2.58. The summed E-state index contributed by atoms with van der Waals surface area (Å²) in [5.74, 6) is 3.94. The smallest absolute Gasteiger partial charge is 0.258 e. The van der Waals surface area contributed by atoms with Crippen molar-refractivity contribution in [2.45, 2.75) is 70.3 Å². The SMILES string of the molecule is CC[C@H](C)c1ccc(OCC(=O)NC23CC4CC(CC(C4)C2)C3)cc1. The van der Waals surface area contributed by atoms with Gasteiger partial charge in [0.15, 0.2) is 6.61 Å². The number of ether oxygens (including phenoxy) is 1. The molecule has 1 aromatic carbocycles. The van der Waals surface area contributed by atoms with Gasteiger partial charge in [0.2, 0.25) is 0 Å². The first kappa shape index (κ1) is 16.9. The second-order valence-corrected chi connectivity index (χ2v) is 8.91. The van der Waals surface area contributed by atoms with Gasteiger partial charge in [0, 0.05) is 5.54 Å². The van der Waals surface area contributed by atoms with Gasteiger partial charge in [-0.05, 0) is 86.3 Å². The summed E-state index contributed by atoms with van der Waals surface area (Å²) >= 11 is 0. The zero-order chi connectivity index (χ0) is 17.4. The zero-order valence-electron chi connectivity index (χ0n) is 15.6. The van der Waals surface area contributed by atoms with Gasteiger partial charge in [-0.25, -0.2) is 0 Å². The Morgan fingerprint density at radius 2 is 1.68 bits per heavy atom. The van der Waals surface area contributed by atoms with Crippen molar-refractivity contribution in [3.8, 4) is 5.75 Å². The molecule has 0 aliphatic heterocycles. The number of carbonyl (C=O) groups is 1. The highest BCUT2D eigenvalue weighted by molar-refractivity contribution is 5.78. The van der Waals surface area contributed by atoms with Gasteiger partial charge in [-0.3, -0.25) is 4.79 Å². The van der Waals surface area contributed by atoms with Crippen LogP contribution in [0.15, 0.2) is 24.3 Å². The van der Waals surface area contributed by atoms with Crippen molar-refractivity contribution < 1.29 is 9.53 Å². The second kappa shape index (κ2) is 6.66. The number of rotatable bonds is 6. The summed E-state index contributed by atoms with van der Waals surface area (Å²) in [5, 5.41) is 3.37. The van der Waals surface area contributed by atoms with Gasteiger partial charge in [0.05, 0.1) is 0 Å². The lowest BCUT2D eigenvalue weighted by Crippen LogP contribution is -2.60. The molecular formula is C22H31NO2. The molecule has 4 fully saturated rings. The van der Waals surface area contributed by atoms with Gasteiger partial charge in [0.1, 0.15) is 5.75 Å². The van der Waals surface area contributed by atoms with Crippen molar-refractivity contribution >= 4 is 5.91 Å². The molecule has 1 amide bonds. The summed E-state index contributed by atoms with van der Waals surface area (Å²) in [5.41, 5.74) is 1.41. The lowest BCUT2D eigenvalue weighted by molar-refractivity contribution is -0.128. The molecule has 25 heavy (non-hydrogen) atoms. The summed E-state index contributed by atoms with van der Waals surface area (Å²) < 4.78 is 5.74. The van der Waals surface area contributed by atoms with E-state index in [9.17, 15) is 4.79 Å². The molecule has 4 aliphatic carbocycles. The number of carbonyl (C=O) groups excluding carboxylic acids is 1. The molecule has 0 unspecified atom stereocenters. The Kier molecular flexibility index (Phi) is 4.51. The Morgan fingerprint density at radius 1 is 1.12 bits per heavy atom. The first-order valence-corrected chi connectivity index (χ1v) is 10.1. The van der Waals surface area contributed by atoms with Gasteiger partial charge in [-0.15, -0.1) is 0 Å².